The molecular formula is C16H17N5O2S. The van der Waals surface area contributed by atoms with Crippen LogP contribution in [0, 0.1) is 0 Å². The molecule has 1 amide bonds. The maximum Gasteiger partial charge on any atom is 0.271 e. The topological polar surface area (TPSA) is 81.8 Å². The van der Waals surface area contributed by atoms with E-state index in [1.54, 1.807) is 18.3 Å². The summed E-state index contributed by atoms with van der Waals surface area (Å²) in [5.74, 6) is 0.430. The second-order valence-electron chi connectivity index (χ2n) is 5.96. The summed E-state index contributed by atoms with van der Waals surface area (Å²) < 4.78 is 3.79. The van der Waals surface area contributed by atoms with Gasteiger partial charge in [-0.1, -0.05) is 12.8 Å². The highest BCUT2D eigenvalue weighted by Crippen LogP contribution is 2.31. The molecule has 1 aliphatic rings. The van der Waals surface area contributed by atoms with Crippen molar-refractivity contribution in [2.24, 2.45) is 0 Å². The molecule has 7 nitrogen and oxygen atoms in total. The Kier molecular flexibility index (Phi) is 3.89. The molecule has 0 bridgehead atoms. The van der Waals surface area contributed by atoms with Gasteiger partial charge in [0.2, 0.25) is 5.91 Å². The predicted molar refractivity (Wildman–Crippen MR) is 92.2 cm³/mol. The van der Waals surface area contributed by atoms with Gasteiger partial charge in [0, 0.05) is 6.07 Å². The van der Waals surface area contributed by atoms with Crippen LogP contribution in [0.4, 0.5) is 5.82 Å². The molecule has 3 heterocycles. The van der Waals surface area contributed by atoms with Crippen LogP contribution in [0.3, 0.4) is 0 Å². The Morgan fingerprint density at radius 3 is 3.00 bits per heavy atom. The average molecular weight is 343 g/mol. The van der Waals surface area contributed by atoms with E-state index >= 15 is 0 Å². The van der Waals surface area contributed by atoms with Crippen molar-refractivity contribution in [1.82, 2.24) is 19.3 Å². The zero-order valence-electron chi connectivity index (χ0n) is 13.0. The molecule has 0 aliphatic heterocycles. The van der Waals surface area contributed by atoms with E-state index in [9.17, 15) is 9.59 Å². The van der Waals surface area contributed by atoms with Gasteiger partial charge in [-0.15, -0.1) is 11.3 Å². The number of amides is 1. The molecule has 1 saturated carbocycles. The quantitative estimate of drug-likeness (QED) is 0.789. The third-order valence-corrected chi connectivity index (χ3v) is 5.25. The highest BCUT2D eigenvalue weighted by Gasteiger charge is 2.20. The van der Waals surface area contributed by atoms with Crippen LogP contribution in [-0.4, -0.2) is 25.2 Å². The number of fused-ring (bicyclic) bond motifs is 1. The van der Waals surface area contributed by atoms with Crippen LogP contribution in [-0.2, 0) is 11.3 Å². The van der Waals surface area contributed by atoms with E-state index in [2.05, 4.69) is 15.4 Å². The minimum atomic E-state index is -0.255. The number of nitrogens with one attached hydrogen (secondary N) is 1. The maximum absolute atomic E-state index is 12.3. The first-order valence-electron chi connectivity index (χ1n) is 7.98. The van der Waals surface area contributed by atoms with E-state index in [0.29, 0.717) is 22.1 Å². The Bertz CT molecular complexity index is 935. The van der Waals surface area contributed by atoms with E-state index in [1.165, 1.54) is 35.1 Å². The van der Waals surface area contributed by atoms with Crippen molar-refractivity contribution in [1.29, 1.82) is 0 Å². The first kappa shape index (κ1) is 15.1. The van der Waals surface area contributed by atoms with Crippen molar-refractivity contribution >= 4 is 33.3 Å². The SMILES string of the molecule is O=C(Cn1cnc2ccsc2c1=O)Nc1ccnn1C1CCCC1. The molecule has 8 heteroatoms. The standard InChI is InChI=1S/C16H17N5O2S/c22-14(9-20-10-17-12-6-8-24-15(12)16(20)23)19-13-5-7-18-21(13)11-3-1-2-4-11/h5-8,10-11H,1-4,9H2,(H,19,22). The molecule has 1 N–H and O–H groups in total. The Labute approximate surface area is 141 Å². The van der Waals surface area contributed by atoms with E-state index in [0.717, 1.165) is 12.8 Å². The van der Waals surface area contributed by atoms with Crippen molar-refractivity contribution in [3.63, 3.8) is 0 Å². The van der Waals surface area contributed by atoms with Gasteiger partial charge < -0.3 is 5.32 Å². The summed E-state index contributed by atoms with van der Waals surface area (Å²) in [6, 6.07) is 3.94. The van der Waals surface area contributed by atoms with Gasteiger partial charge in [-0.25, -0.2) is 9.67 Å². The van der Waals surface area contributed by atoms with Gasteiger partial charge in [0.05, 0.1) is 24.1 Å². The molecule has 0 atom stereocenters. The number of anilines is 1. The molecule has 0 unspecified atom stereocenters. The monoisotopic (exact) mass is 343 g/mol. The lowest BCUT2D eigenvalue weighted by Crippen LogP contribution is -2.28. The number of thiophene rings is 1. The largest absolute Gasteiger partial charge is 0.309 e. The van der Waals surface area contributed by atoms with Gasteiger partial charge in [0.1, 0.15) is 17.1 Å². The van der Waals surface area contributed by atoms with Gasteiger partial charge in [-0.2, -0.15) is 5.10 Å². The summed E-state index contributed by atoms with van der Waals surface area (Å²) in [5, 5.41) is 9.02. The van der Waals surface area contributed by atoms with Crippen molar-refractivity contribution in [2.75, 3.05) is 5.32 Å². The third-order valence-electron chi connectivity index (χ3n) is 4.36. The summed E-state index contributed by atoms with van der Waals surface area (Å²) in [5.41, 5.74) is 0.482. The van der Waals surface area contributed by atoms with Crippen LogP contribution in [0.2, 0.25) is 0 Å². The van der Waals surface area contributed by atoms with Crippen molar-refractivity contribution in [2.45, 2.75) is 38.3 Å². The molecule has 3 aromatic heterocycles. The fourth-order valence-electron chi connectivity index (χ4n) is 3.18. The molecule has 4 rings (SSSR count). The second-order valence-corrected chi connectivity index (χ2v) is 6.88. The molecule has 0 aromatic carbocycles. The van der Waals surface area contributed by atoms with Gasteiger partial charge in [-0.05, 0) is 24.3 Å². The number of hydrogen-bond donors (Lipinski definition) is 1. The molecule has 1 aliphatic carbocycles. The van der Waals surface area contributed by atoms with Gasteiger partial charge in [-0.3, -0.25) is 14.2 Å². The Morgan fingerprint density at radius 1 is 1.33 bits per heavy atom. The van der Waals surface area contributed by atoms with Crippen LogP contribution in [0.15, 0.2) is 34.8 Å². The summed E-state index contributed by atoms with van der Waals surface area (Å²) in [7, 11) is 0. The number of aromatic nitrogens is 4. The van der Waals surface area contributed by atoms with Crippen LogP contribution in [0.25, 0.3) is 10.2 Å². The van der Waals surface area contributed by atoms with Crippen molar-refractivity contribution in [3.8, 4) is 0 Å². The van der Waals surface area contributed by atoms with Crippen LogP contribution >= 0.6 is 11.3 Å². The molecule has 1 fully saturated rings. The molecule has 24 heavy (non-hydrogen) atoms. The second kappa shape index (κ2) is 6.20. The first-order valence-corrected chi connectivity index (χ1v) is 8.86. The van der Waals surface area contributed by atoms with Crippen molar-refractivity contribution in [3.05, 3.63) is 40.4 Å². The smallest absolute Gasteiger partial charge is 0.271 e. The molecule has 0 radical (unpaired) electrons. The van der Waals surface area contributed by atoms with Gasteiger partial charge in [0.25, 0.3) is 5.56 Å². The molecule has 0 saturated heterocycles. The molecule has 124 valence electrons. The fraction of sp³-hybridized carbons (Fsp3) is 0.375. The van der Waals surface area contributed by atoms with Crippen LogP contribution < -0.4 is 10.9 Å². The van der Waals surface area contributed by atoms with Gasteiger partial charge >= 0.3 is 0 Å². The van der Waals surface area contributed by atoms with Crippen molar-refractivity contribution < 1.29 is 4.79 Å². The van der Waals surface area contributed by atoms with E-state index < -0.39 is 0 Å². The zero-order valence-corrected chi connectivity index (χ0v) is 13.8. The summed E-state index contributed by atoms with van der Waals surface area (Å²) in [6.45, 7) is -0.0600. The lowest BCUT2D eigenvalue weighted by Gasteiger charge is -2.14. The van der Waals surface area contributed by atoms with E-state index in [-0.39, 0.29) is 18.0 Å². The zero-order chi connectivity index (χ0) is 16.5. The lowest BCUT2D eigenvalue weighted by molar-refractivity contribution is -0.116. The maximum atomic E-state index is 12.3. The first-order chi connectivity index (χ1) is 11.7. The third kappa shape index (κ3) is 2.73. The minimum absolute atomic E-state index is 0.0600. The summed E-state index contributed by atoms with van der Waals surface area (Å²) >= 11 is 1.34. The highest BCUT2D eigenvalue weighted by molar-refractivity contribution is 7.17. The molecule has 3 aromatic rings. The average Bonchev–Trinajstić information content (AvgIpc) is 3.29. The fourth-order valence-corrected chi connectivity index (χ4v) is 3.97. The van der Waals surface area contributed by atoms with E-state index in [1.807, 2.05) is 10.1 Å². The Morgan fingerprint density at radius 2 is 2.17 bits per heavy atom. The van der Waals surface area contributed by atoms with Crippen LogP contribution in [0.5, 0.6) is 0 Å². The number of nitrogens with zero attached hydrogens (tertiary/aromatic N) is 4. The minimum Gasteiger partial charge on any atom is -0.309 e. The number of carbonyl (C=O) groups is 1. The molecule has 0 spiro atoms. The predicted octanol–water partition coefficient (Wildman–Crippen LogP) is 2.41. The lowest BCUT2D eigenvalue weighted by atomic mass is 10.2. The number of hydrogen-bond acceptors (Lipinski definition) is 5. The summed E-state index contributed by atoms with van der Waals surface area (Å²) in [6.07, 6.45) is 7.68. The Balaban J connectivity index is 1.51. The highest BCUT2D eigenvalue weighted by atomic mass is 32.1. The normalized spacial score (nSPS) is 15.2. The molecular weight excluding hydrogens is 326 g/mol. The van der Waals surface area contributed by atoms with Crippen LogP contribution in [0.1, 0.15) is 31.7 Å². The summed E-state index contributed by atoms with van der Waals surface area (Å²) in [4.78, 5) is 28.9. The van der Waals surface area contributed by atoms with Gasteiger partial charge in [0.15, 0.2) is 0 Å². The number of carbonyl (C=O) groups excluding carboxylic acids is 1. The number of rotatable bonds is 4. The van der Waals surface area contributed by atoms with E-state index in [4.69, 9.17) is 0 Å². The Hall–Kier alpha value is -2.48.